The SMILES string of the molecule is CCn1nccc1C(=O)N1CCCCC1c1nncn1CC1CC1. The highest BCUT2D eigenvalue weighted by molar-refractivity contribution is 5.92. The van der Waals surface area contributed by atoms with Crippen LogP contribution in [0.5, 0.6) is 0 Å². The second-order valence-corrected chi connectivity index (χ2v) is 6.83. The number of rotatable bonds is 5. The second kappa shape index (κ2) is 6.37. The van der Waals surface area contributed by atoms with Crippen LogP contribution in [0.1, 0.15) is 61.4 Å². The largest absolute Gasteiger partial charge is 0.327 e. The molecule has 24 heavy (non-hydrogen) atoms. The van der Waals surface area contributed by atoms with Gasteiger partial charge in [0, 0.05) is 25.8 Å². The Balaban J connectivity index is 1.61. The molecule has 0 aromatic carbocycles. The average molecular weight is 328 g/mol. The minimum Gasteiger partial charge on any atom is -0.327 e. The van der Waals surface area contributed by atoms with Crippen molar-refractivity contribution in [3.8, 4) is 0 Å². The van der Waals surface area contributed by atoms with E-state index in [9.17, 15) is 4.79 Å². The van der Waals surface area contributed by atoms with Crippen LogP contribution in [0.2, 0.25) is 0 Å². The van der Waals surface area contributed by atoms with Crippen molar-refractivity contribution in [2.45, 2.75) is 58.2 Å². The van der Waals surface area contributed by atoms with Gasteiger partial charge in [0.25, 0.3) is 5.91 Å². The van der Waals surface area contributed by atoms with Crippen LogP contribution in [-0.4, -0.2) is 41.9 Å². The molecule has 1 atom stereocenters. The van der Waals surface area contributed by atoms with E-state index in [0.717, 1.165) is 44.1 Å². The predicted molar refractivity (Wildman–Crippen MR) is 88.3 cm³/mol. The number of likely N-dealkylation sites (tertiary alicyclic amines) is 1. The van der Waals surface area contributed by atoms with Gasteiger partial charge in [-0.25, -0.2) is 0 Å². The number of carbonyl (C=O) groups is 1. The van der Waals surface area contributed by atoms with Crippen LogP contribution in [0.25, 0.3) is 0 Å². The maximum atomic E-state index is 13.1. The molecule has 0 radical (unpaired) electrons. The number of hydrogen-bond acceptors (Lipinski definition) is 4. The minimum atomic E-state index is 0.0210. The van der Waals surface area contributed by atoms with E-state index < -0.39 is 0 Å². The van der Waals surface area contributed by atoms with Gasteiger partial charge in [0.2, 0.25) is 0 Å². The van der Waals surface area contributed by atoms with Crippen LogP contribution in [0, 0.1) is 5.92 Å². The summed E-state index contributed by atoms with van der Waals surface area (Å²) in [6, 6.07) is 1.83. The first-order chi connectivity index (χ1) is 11.8. The minimum absolute atomic E-state index is 0.0210. The van der Waals surface area contributed by atoms with Crippen molar-refractivity contribution in [2.24, 2.45) is 5.92 Å². The Labute approximate surface area is 141 Å². The quantitative estimate of drug-likeness (QED) is 0.844. The van der Waals surface area contributed by atoms with E-state index in [0.29, 0.717) is 12.2 Å². The first-order valence-corrected chi connectivity index (χ1v) is 8.98. The molecule has 2 aromatic rings. The number of nitrogens with zero attached hydrogens (tertiary/aromatic N) is 6. The molecule has 0 bridgehead atoms. The molecule has 1 saturated carbocycles. The monoisotopic (exact) mass is 328 g/mol. The van der Waals surface area contributed by atoms with E-state index in [-0.39, 0.29) is 11.9 Å². The zero-order valence-electron chi connectivity index (χ0n) is 14.1. The van der Waals surface area contributed by atoms with Crippen molar-refractivity contribution in [1.29, 1.82) is 0 Å². The molecule has 2 aromatic heterocycles. The number of amides is 1. The molecule has 1 unspecified atom stereocenters. The predicted octanol–water partition coefficient (Wildman–Crippen LogP) is 2.27. The molecular weight excluding hydrogens is 304 g/mol. The molecule has 1 saturated heterocycles. The van der Waals surface area contributed by atoms with Gasteiger partial charge in [-0.1, -0.05) is 0 Å². The molecule has 0 N–H and O–H groups in total. The lowest BCUT2D eigenvalue weighted by molar-refractivity contribution is 0.0581. The van der Waals surface area contributed by atoms with Gasteiger partial charge in [0.1, 0.15) is 12.0 Å². The van der Waals surface area contributed by atoms with Crippen LogP contribution < -0.4 is 0 Å². The third kappa shape index (κ3) is 2.83. The van der Waals surface area contributed by atoms with E-state index in [1.54, 1.807) is 10.9 Å². The molecule has 7 heteroatoms. The molecule has 1 aliphatic carbocycles. The lowest BCUT2D eigenvalue weighted by Crippen LogP contribution is -2.40. The number of aryl methyl sites for hydroxylation is 1. The molecule has 1 amide bonds. The van der Waals surface area contributed by atoms with E-state index in [1.807, 2.05) is 24.2 Å². The van der Waals surface area contributed by atoms with Crippen molar-refractivity contribution in [3.05, 3.63) is 30.1 Å². The molecule has 128 valence electrons. The van der Waals surface area contributed by atoms with Gasteiger partial charge in [-0.15, -0.1) is 10.2 Å². The summed E-state index contributed by atoms with van der Waals surface area (Å²) in [7, 11) is 0. The first-order valence-electron chi connectivity index (χ1n) is 8.98. The summed E-state index contributed by atoms with van der Waals surface area (Å²) in [5.41, 5.74) is 0.664. The van der Waals surface area contributed by atoms with Gasteiger partial charge in [-0.3, -0.25) is 9.48 Å². The highest BCUT2D eigenvalue weighted by atomic mass is 16.2. The van der Waals surface area contributed by atoms with Gasteiger partial charge in [0.15, 0.2) is 5.82 Å². The summed E-state index contributed by atoms with van der Waals surface area (Å²) in [5, 5.41) is 12.7. The second-order valence-electron chi connectivity index (χ2n) is 6.83. The number of aromatic nitrogens is 5. The van der Waals surface area contributed by atoms with Crippen molar-refractivity contribution in [3.63, 3.8) is 0 Å². The standard InChI is InChI=1S/C17H24N6O/c1-2-23-15(8-9-19-23)17(24)22-10-4-3-5-14(22)16-20-18-12-21(16)11-13-6-7-13/h8-9,12-14H,2-7,10-11H2,1H3. The fourth-order valence-corrected chi connectivity index (χ4v) is 3.60. The summed E-state index contributed by atoms with van der Waals surface area (Å²) < 4.78 is 3.92. The fourth-order valence-electron chi connectivity index (χ4n) is 3.60. The molecule has 3 heterocycles. The van der Waals surface area contributed by atoms with Crippen molar-refractivity contribution in [1.82, 2.24) is 29.4 Å². The molecular formula is C17H24N6O. The summed E-state index contributed by atoms with van der Waals surface area (Å²) in [4.78, 5) is 15.1. The zero-order valence-corrected chi connectivity index (χ0v) is 14.1. The van der Waals surface area contributed by atoms with Crippen molar-refractivity contribution < 1.29 is 4.79 Å². The topological polar surface area (TPSA) is 68.8 Å². The van der Waals surface area contributed by atoms with Gasteiger partial charge in [-0.05, 0) is 51.0 Å². The highest BCUT2D eigenvalue weighted by Crippen LogP contribution is 2.34. The van der Waals surface area contributed by atoms with E-state index in [1.165, 1.54) is 12.8 Å². The van der Waals surface area contributed by atoms with Gasteiger partial charge in [0.05, 0.1) is 6.04 Å². The smallest absolute Gasteiger partial charge is 0.272 e. The van der Waals surface area contributed by atoms with Gasteiger partial charge >= 0.3 is 0 Å². The number of piperidine rings is 1. The Morgan fingerprint density at radius 2 is 2.17 bits per heavy atom. The maximum absolute atomic E-state index is 13.1. The third-order valence-corrected chi connectivity index (χ3v) is 5.09. The van der Waals surface area contributed by atoms with E-state index in [4.69, 9.17) is 0 Å². The summed E-state index contributed by atoms with van der Waals surface area (Å²) >= 11 is 0. The first kappa shape index (κ1) is 15.4. The van der Waals surface area contributed by atoms with E-state index in [2.05, 4.69) is 19.9 Å². The lowest BCUT2D eigenvalue weighted by atomic mass is 10.0. The molecule has 4 rings (SSSR count). The zero-order chi connectivity index (χ0) is 16.5. The molecule has 7 nitrogen and oxygen atoms in total. The molecule has 2 fully saturated rings. The van der Waals surface area contributed by atoms with Crippen molar-refractivity contribution in [2.75, 3.05) is 6.54 Å². The normalized spacial score (nSPS) is 21.2. The maximum Gasteiger partial charge on any atom is 0.272 e. The van der Waals surface area contributed by atoms with Crippen LogP contribution in [0.4, 0.5) is 0 Å². The average Bonchev–Trinajstić information content (AvgIpc) is 3.12. The highest BCUT2D eigenvalue weighted by Gasteiger charge is 2.34. The Hall–Kier alpha value is -2.18. The fraction of sp³-hybridized carbons (Fsp3) is 0.647. The Morgan fingerprint density at radius 3 is 2.96 bits per heavy atom. The van der Waals surface area contributed by atoms with Crippen LogP contribution in [-0.2, 0) is 13.1 Å². The Bertz CT molecular complexity index is 716. The molecule has 0 spiro atoms. The molecule has 1 aliphatic heterocycles. The van der Waals surface area contributed by atoms with Gasteiger partial charge in [-0.2, -0.15) is 5.10 Å². The molecule has 2 aliphatic rings. The van der Waals surface area contributed by atoms with E-state index >= 15 is 0 Å². The summed E-state index contributed by atoms with van der Waals surface area (Å²) in [5.74, 6) is 1.76. The summed E-state index contributed by atoms with van der Waals surface area (Å²) in [6.07, 6.45) is 9.22. The van der Waals surface area contributed by atoms with Gasteiger partial charge < -0.3 is 9.47 Å². The van der Waals surface area contributed by atoms with Crippen LogP contribution in [0.3, 0.4) is 0 Å². The third-order valence-electron chi connectivity index (χ3n) is 5.09. The number of carbonyl (C=O) groups excluding carboxylic acids is 1. The van der Waals surface area contributed by atoms with Crippen LogP contribution in [0.15, 0.2) is 18.6 Å². The Morgan fingerprint density at radius 1 is 1.29 bits per heavy atom. The van der Waals surface area contributed by atoms with Crippen LogP contribution >= 0.6 is 0 Å². The van der Waals surface area contributed by atoms with Crippen molar-refractivity contribution >= 4 is 5.91 Å². The summed E-state index contributed by atoms with van der Waals surface area (Å²) in [6.45, 7) is 4.45. The Kier molecular flexibility index (Phi) is 4.08. The number of hydrogen-bond donors (Lipinski definition) is 0. The lowest BCUT2D eigenvalue weighted by Gasteiger charge is -2.35.